The van der Waals surface area contributed by atoms with Crippen molar-refractivity contribution >= 4 is 23.2 Å². The molecule has 34 heavy (non-hydrogen) atoms. The molecule has 6 nitrogen and oxygen atoms in total. The molecule has 2 heterocycles. The highest BCUT2D eigenvalue weighted by Gasteiger charge is 2.12. The van der Waals surface area contributed by atoms with Gasteiger partial charge in [-0.1, -0.05) is 60.7 Å². The van der Waals surface area contributed by atoms with Crippen LogP contribution in [0.3, 0.4) is 0 Å². The van der Waals surface area contributed by atoms with Gasteiger partial charge in [-0.05, 0) is 59.7 Å². The first-order chi connectivity index (χ1) is 16.7. The predicted octanol–water partition coefficient (Wildman–Crippen LogP) is 6.18. The monoisotopic (exact) mass is 446 g/mol. The van der Waals surface area contributed by atoms with Crippen molar-refractivity contribution in [3.05, 3.63) is 121 Å². The summed E-state index contributed by atoms with van der Waals surface area (Å²) in [4.78, 5) is 31.5. The maximum absolute atomic E-state index is 12.6. The molecule has 0 saturated heterocycles. The van der Waals surface area contributed by atoms with Gasteiger partial charge in [0.25, 0.3) is 11.8 Å². The first kappa shape index (κ1) is 21.0. The molecule has 2 amide bonds. The van der Waals surface area contributed by atoms with Crippen LogP contribution in [-0.4, -0.2) is 21.8 Å². The van der Waals surface area contributed by atoms with Crippen LogP contribution in [0.2, 0.25) is 0 Å². The van der Waals surface area contributed by atoms with Gasteiger partial charge in [0.15, 0.2) is 0 Å². The summed E-state index contributed by atoms with van der Waals surface area (Å²) in [7, 11) is 0. The summed E-state index contributed by atoms with van der Waals surface area (Å²) < 4.78 is 0. The second kappa shape index (κ2) is 9.34. The Hall–Kier alpha value is -4.84. The molecular weight excluding hydrogens is 424 g/mol. The molecule has 0 unspecified atom stereocenters. The van der Waals surface area contributed by atoms with Crippen LogP contribution in [0.25, 0.3) is 22.5 Å². The van der Waals surface area contributed by atoms with Crippen LogP contribution in [0.15, 0.2) is 109 Å². The van der Waals surface area contributed by atoms with E-state index in [9.17, 15) is 9.59 Å². The molecule has 0 aliphatic heterocycles. The average molecular weight is 447 g/mol. The molecule has 6 heteroatoms. The quantitative estimate of drug-likeness (QED) is 0.251. The van der Waals surface area contributed by atoms with Crippen molar-refractivity contribution in [3.8, 4) is 22.5 Å². The van der Waals surface area contributed by atoms with E-state index in [1.54, 1.807) is 36.4 Å². The fraction of sp³-hybridized carbons (Fsp3) is 0. The zero-order valence-corrected chi connectivity index (χ0v) is 18.2. The summed E-state index contributed by atoms with van der Waals surface area (Å²) in [6.45, 7) is 0. The Bertz CT molecular complexity index is 1310. The van der Waals surface area contributed by atoms with E-state index in [1.807, 2.05) is 72.8 Å². The Morgan fingerprint density at radius 1 is 0.471 bits per heavy atom. The predicted molar refractivity (Wildman–Crippen MR) is 135 cm³/mol. The molecule has 0 saturated carbocycles. The number of H-pyrrole nitrogens is 2. The zero-order valence-electron chi connectivity index (χ0n) is 18.2. The minimum atomic E-state index is -0.237. The Morgan fingerprint density at radius 2 is 0.853 bits per heavy atom. The number of carbonyl (C=O) groups excluding carboxylic acids is 2. The largest absolute Gasteiger partial charge is 0.351 e. The minimum absolute atomic E-state index is 0.237. The summed E-state index contributed by atoms with van der Waals surface area (Å²) in [5, 5.41) is 5.74. The van der Waals surface area contributed by atoms with Crippen LogP contribution in [-0.2, 0) is 0 Å². The molecule has 0 radical (unpaired) electrons. The lowest BCUT2D eigenvalue weighted by molar-refractivity contribution is 0.101. The van der Waals surface area contributed by atoms with Crippen LogP contribution in [0.1, 0.15) is 21.0 Å². The number of rotatable bonds is 6. The van der Waals surface area contributed by atoms with Gasteiger partial charge in [-0.2, -0.15) is 0 Å². The molecule has 0 aliphatic carbocycles. The number of carbonyl (C=O) groups is 2. The maximum atomic E-state index is 12.6. The molecular formula is C28H22N4O2. The van der Waals surface area contributed by atoms with Gasteiger partial charge in [0.05, 0.1) is 0 Å². The zero-order chi connectivity index (χ0) is 23.3. The SMILES string of the molecule is O=C(Nc1ccc(NC(=O)c2ccc(-c3ccccc3)[nH]2)cc1)c1ccc(-c2ccccc2)[nH]1. The molecule has 0 atom stereocenters. The van der Waals surface area contributed by atoms with Gasteiger partial charge in [-0.3, -0.25) is 9.59 Å². The Labute approximate surface area is 196 Å². The third-order valence-corrected chi connectivity index (χ3v) is 5.43. The highest BCUT2D eigenvalue weighted by atomic mass is 16.2. The summed E-state index contributed by atoms with van der Waals surface area (Å²) in [5.41, 5.74) is 5.98. The van der Waals surface area contributed by atoms with Gasteiger partial charge in [0, 0.05) is 22.8 Å². The van der Waals surface area contributed by atoms with E-state index in [4.69, 9.17) is 0 Å². The van der Waals surface area contributed by atoms with Gasteiger partial charge in [0.1, 0.15) is 11.4 Å². The molecule has 2 aromatic heterocycles. The van der Waals surface area contributed by atoms with E-state index in [0.29, 0.717) is 22.8 Å². The number of aromatic amines is 2. The molecule has 3 aromatic carbocycles. The summed E-state index contributed by atoms with van der Waals surface area (Å²) >= 11 is 0. The Morgan fingerprint density at radius 3 is 1.24 bits per heavy atom. The van der Waals surface area contributed by atoms with Crippen LogP contribution >= 0.6 is 0 Å². The fourth-order valence-corrected chi connectivity index (χ4v) is 3.66. The standard InChI is InChI=1S/C28H22N4O2/c33-27(25-17-15-23(31-25)19-7-3-1-4-8-19)29-21-11-13-22(14-12-21)30-28(34)26-18-16-24(32-26)20-9-5-2-6-10-20/h1-18,31-32H,(H,29,33)(H,30,34). The topological polar surface area (TPSA) is 89.8 Å². The average Bonchev–Trinajstić information content (AvgIpc) is 3.57. The van der Waals surface area contributed by atoms with E-state index in [1.165, 1.54) is 0 Å². The summed E-state index contributed by atoms with van der Waals surface area (Å²) in [6.07, 6.45) is 0. The smallest absolute Gasteiger partial charge is 0.272 e. The lowest BCUT2D eigenvalue weighted by Gasteiger charge is -2.07. The van der Waals surface area contributed by atoms with E-state index in [0.717, 1.165) is 22.5 Å². The second-order valence-electron chi connectivity index (χ2n) is 7.79. The molecule has 0 aliphatic rings. The number of nitrogens with one attached hydrogen (secondary N) is 4. The van der Waals surface area contributed by atoms with Gasteiger partial charge in [-0.15, -0.1) is 0 Å². The number of hydrogen-bond acceptors (Lipinski definition) is 2. The van der Waals surface area contributed by atoms with E-state index >= 15 is 0 Å². The summed E-state index contributed by atoms with van der Waals surface area (Å²) in [5.74, 6) is -0.474. The lowest BCUT2D eigenvalue weighted by Crippen LogP contribution is -2.13. The minimum Gasteiger partial charge on any atom is -0.351 e. The van der Waals surface area contributed by atoms with Crippen molar-refractivity contribution in [1.82, 2.24) is 9.97 Å². The number of hydrogen-bond donors (Lipinski definition) is 4. The van der Waals surface area contributed by atoms with Crippen molar-refractivity contribution in [2.45, 2.75) is 0 Å². The third kappa shape index (κ3) is 4.66. The number of benzene rings is 3. The normalized spacial score (nSPS) is 10.6. The highest BCUT2D eigenvalue weighted by Crippen LogP contribution is 2.21. The second-order valence-corrected chi connectivity index (χ2v) is 7.79. The van der Waals surface area contributed by atoms with Crippen LogP contribution < -0.4 is 10.6 Å². The van der Waals surface area contributed by atoms with Crippen molar-refractivity contribution in [2.75, 3.05) is 10.6 Å². The Balaban J connectivity index is 1.20. The summed E-state index contributed by atoms with van der Waals surface area (Å²) in [6, 6.07) is 33.9. The molecule has 0 fully saturated rings. The number of anilines is 2. The van der Waals surface area contributed by atoms with Crippen LogP contribution in [0, 0.1) is 0 Å². The molecule has 0 spiro atoms. The van der Waals surface area contributed by atoms with Crippen LogP contribution in [0.5, 0.6) is 0 Å². The van der Waals surface area contributed by atoms with Gasteiger partial charge in [0.2, 0.25) is 0 Å². The molecule has 5 rings (SSSR count). The van der Waals surface area contributed by atoms with E-state index in [-0.39, 0.29) is 11.8 Å². The fourth-order valence-electron chi connectivity index (χ4n) is 3.66. The maximum Gasteiger partial charge on any atom is 0.272 e. The van der Waals surface area contributed by atoms with E-state index in [2.05, 4.69) is 20.6 Å². The van der Waals surface area contributed by atoms with Gasteiger partial charge < -0.3 is 20.6 Å². The van der Waals surface area contributed by atoms with E-state index < -0.39 is 0 Å². The van der Waals surface area contributed by atoms with Crippen molar-refractivity contribution in [1.29, 1.82) is 0 Å². The molecule has 5 aromatic rings. The number of amides is 2. The molecule has 4 N–H and O–H groups in total. The van der Waals surface area contributed by atoms with Gasteiger partial charge >= 0.3 is 0 Å². The molecule has 166 valence electrons. The Kier molecular flexibility index (Phi) is 5.78. The molecule has 0 bridgehead atoms. The van der Waals surface area contributed by atoms with Crippen LogP contribution in [0.4, 0.5) is 11.4 Å². The van der Waals surface area contributed by atoms with Crippen molar-refractivity contribution in [2.24, 2.45) is 0 Å². The lowest BCUT2D eigenvalue weighted by atomic mass is 10.2. The first-order valence-electron chi connectivity index (χ1n) is 10.9. The van der Waals surface area contributed by atoms with Crippen molar-refractivity contribution in [3.63, 3.8) is 0 Å². The third-order valence-electron chi connectivity index (χ3n) is 5.43. The van der Waals surface area contributed by atoms with Gasteiger partial charge in [-0.25, -0.2) is 0 Å². The number of aromatic nitrogens is 2. The first-order valence-corrected chi connectivity index (χ1v) is 10.9. The highest BCUT2D eigenvalue weighted by molar-refractivity contribution is 6.05. The van der Waals surface area contributed by atoms with Crippen molar-refractivity contribution < 1.29 is 9.59 Å².